The molecule has 3 nitrogen and oxygen atoms in total. The molecule has 0 aliphatic heterocycles. The normalized spacial score (nSPS) is 26.9. The van der Waals surface area contributed by atoms with Crippen LogP contribution in [0, 0.1) is 11.8 Å². The Morgan fingerprint density at radius 2 is 1.93 bits per heavy atom. The zero-order valence-corrected chi connectivity index (χ0v) is 8.45. The summed E-state index contributed by atoms with van der Waals surface area (Å²) in [7, 11) is 0. The van der Waals surface area contributed by atoms with E-state index in [1.54, 1.807) is 0 Å². The quantitative estimate of drug-likeness (QED) is 0.550. The number of hydrogen-bond donors (Lipinski definition) is 1. The van der Waals surface area contributed by atoms with E-state index in [0.717, 1.165) is 25.7 Å². The van der Waals surface area contributed by atoms with E-state index >= 15 is 0 Å². The lowest BCUT2D eigenvalue weighted by molar-refractivity contribution is -0.139. The molecule has 0 radical (unpaired) electrons. The van der Waals surface area contributed by atoms with Crippen molar-refractivity contribution in [2.75, 3.05) is 13.2 Å². The SMILES string of the molecule is C=CC(=O)OC[C@H]1CC[C@@H](CO)CC1. The molecule has 0 aromatic carbocycles. The van der Waals surface area contributed by atoms with Crippen LogP contribution in [-0.4, -0.2) is 24.3 Å². The number of hydrogen-bond acceptors (Lipinski definition) is 3. The van der Waals surface area contributed by atoms with Crippen LogP contribution >= 0.6 is 0 Å². The Labute approximate surface area is 84.8 Å². The molecule has 0 amide bonds. The molecule has 0 spiro atoms. The minimum Gasteiger partial charge on any atom is -0.462 e. The van der Waals surface area contributed by atoms with Gasteiger partial charge in [-0.15, -0.1) is 0 Å². The largest absolute Gasteiger partial charge is 0.462 e. The summed E-state index contributed by atoms with van der Waals surface area (Å²) in [5, 5.41) is 8.93. The minimum absolute atomic E-state index is 0.291. The van der Waals surface area contributed by atoms with Crippen LogP contribution in [0.2, 0.25) is 0 Å². The van der Waals surface area contributed by atoms with Crippen molar-refractivity contribution < 1.29 is 14.6 Å². The molecule has 80 valence electrons. The smallest absolute Gasteiger partial charge is 0.330 e. The van der Waals surface area contributed by atoms with E-state index in [1.165, 1.54) is 6.08 Å². The monoisotopic (exact) mass is 198 g/mol. The Hall–Kier alpha value is -0.830. The van der Waals surface area contributed by atoms with Gasteiger partial charge in [0.1, 0.15) is 0 Å². The summed E-state index contributed by atoms with van der Waals surface area (Å²) < 4.78 is 4.98. The molecule has 0 unspecified atom stereocenters. The Morgan fingerprint density at radius 1 is 1.36 bits per heavy atom. The topological polar surface area (TPSA) is 46.5 Å². The third-order valence-electron chi connectivity index (χ3n) is 2.85. The second-order valence-electron chi connectivity index (χ2n) is 3.90. The number of ether oxygens (including phenoxy) is 1. The van der Waals surface area contributed by atoms with Crippen LogP contribution in [0.1, 0.15) is 25.7 Å². The van der Waals surface area contributed by atoms with Gasteiger partial charge in [-0.2, -0.15) is 0 Å². The number of aliphatic hydroxyl groups excluding tert-OH is 1. The van der Waals surface area contributed by atoms with Crippen molar-refractivity contribution in [3.8, 4) is 0 Å². The van der Waals surface area contributed by atoms with E-state index in [2.05, 4.69) is 6.58 Å². The Morgan fingerprint density at radius 3 is 2.43 bits per heavy atom. The molecule has 1 fully saturated rings. The maximum absolute atomic E-state index is 10.8. The minimum atomic E-state index is -0.339. The van der Waals surface area contributed by atoms with Gasteiger partial charge < -0.3 is 9.84 Å². The number of aliphatic hydroxyl groups is 1. The Balaban J connectivity index is 2.16. The summed E-state index contributed by atoms with van der Waals surface area (Å²) >= 11 is 0. The fraction of sp³-hybridized carbons (Fsp3) is 0.727. The fourth-order valence-electron chi connectivity index (χ4n) is 1.84. The molecule has 0 aromatic heterocycles. The highest BCUT2D eigenvalue weighted by molar-refractivity contribution is 5.81. The van der Waals surface area contributed by atoms with E-state index in [4.69, 9.17) is 9.84 Å². The summed E-state index contributed by atoms with van der Waals surface area (Å²) in [4.78, 5) is 10.8. The van der Waals surface area contributed by atoms with Crippen LogP contribution in [0.4, 0.5) is 0 Å². The summed E-state index contributed by atoms with van der Waals surface area (Å²) in [5.41, 5.74) is 0. The molecule has 1 saturated carbocycles. The predicted octanol–water partition coefficient (Wildman–Crippen LogP) is 1.51. The van der Waals surface area contributed by atoms with E-state index in [1.807, 2.05) is 0 Å². The van der Waals surface area contributed by atoms with Crippen LogP contribution in [0.15, 0.2) is 12.7 Å². The van der Waals surface area contributed by atoms with Gasteiger partial charge in [0.25, 0.3) is 0 Å². The number of esters is 1. The maximum atomic E-state index is 10.8. The first-order valence-electron chi connectivity index (χ1n) is 5.16. The van der Waals surface area contributed by atoms with Gasteiger partial charge in [0, 0.05) is 12.7 Å². The third kappa shape index (κ3) is 3.50. The van der Waals surface area contributed by atoms with Crippen LogP contribution in [-0.2, 0) is 9.53 Å². The van der Waals surface area contributed by atoms with Gasteiger partial charge in [-0.25, -0.2) is 4.79 Å². The van der Waals surface area contributed by atoms with Gasteiger partial charge in [0.2, 0.25) is 0 Å². The predicted molar refractivity (Wildman–Crippen MR) is 53.7 cm³/mol. The lowest BCUT2D eigenvalue weighted by Crippen LogP contribution is -2.21. The molecular formula is C11H18O3. The Bertz CT molecular complexity index is 193. The molecular weight excluding hydrogens is 180 g/mol. The molecule has 0 atom stereocenters. The van der Waals surface area contributed by atoms with Crippen molar-refractivity contribution in [3.05, 3.63) is 12.7 Å². The molecule has 0 aromatic rings. The average molecular weight is 198 g/mol. The molecule has 1 aliphatic carbocycles. The molecule has 3 heteroatoms. The molecule has 1 N–H and O–H groups in total. The van der Waals surface area contributed by atoms with Gasteiger partial charge in [0.05, 0.1) is 6.61 Å². The van der Waals surface area contributed by atoms with Crippen LogP contribution in [0.5, 0.6) is 0 Å². The van der Waals surface area contributed by atoms with Crippen LogP contribution in [0.25, 0.3) is 0 Å². The highest BCUT2D eigenvalue weighted by atomic mass is 16.5. The highest BCUT2D eigenvalue weighted by Crippen LogP contribution is 2.28. The standard InChI is InChI=1S/C11H18O3/c1-2-11(13)14-8-10-5-3-9(7-12)4-6-10/h2,9-10,12H,1,3-8H2/t9-,10+. The Kier molecular flexibility index (Phi) is 4.66. The summed E-state index contributed by atoms with van der Waals surface area (Å²) in [6, 6.07) is 0. The van der Waals surface area contributed by atoms with Crippen molar-refractivity contribution in [1.29, 1.82) is 0 Å². The molecule has 1 aliphatic rings. The average Bonchev–Trinajstić information content (AvgIpc) is 2.26. The van der Waals surface area contributed by atoms with Crippen LogP contribution < -0.4 is 0 Å². The van der Waals surface area contributed by atoms with E-state index in [-0.39, 0.29) is 5.97 Å². The zero-order chi connectivity index (χ0) is 10.4. The second-order valence-corrected chi connectivity index (χ2v) is 3.90. The summed E-state index contributed by atoms with van der Waals surface area (Å²) in [6.45, 7) is 4.14. The molecule has 0 saturated heterocycles. The van der Waals surface area contributed by atoms with Gasteiger partial charge in [-0.1, -0.05) is 6.58 Å². The number of rotatable bonds is 4. The summed E-state index contributed by atoms with van der Waals surface area (Å²) in [5.74, 6) is 0.595. The number of carbonyl (C=O) groups excluding carboxylic acids is 1. The third-order valence-corrected chi connectivity index (χ3v) is 2.85. The first kappa shape index (κ1) is 11.2. The van der Waals surface area contributed by atoms with Gasteiger partial charge in [-0.3, -0.25) is 0 Å². The molecule has 0 bridgehead atoms. The zero-order valence-electron chi connectivity index (χ0n) is 8.45. The second kappa shape index (κ2) is 5.81. The van der Waals surface area contributed by atoms with Gasteiger partial charge in [-0.05, 0) is 37.5 Å². The van der Waals surface area contributed by atoms with Crippen molar-refractivity contribution in [3.63, 3.8) is 0 Å². The summed E-state index contributed by atoms with van der Waals surface area (Å²) in [6.07, 6.45) is 5.39. The van der Waals surface area contributed by atoms with Crippen molar-refractivity contribution >= 4 is 5.97 Å². The first-order chi connectivity index (χ1) is 6.76. The van der Waals surface area contributed by atoms with Crippen molar-refractivity contribution in [2.45, 2.75) is 25.7 Å². The maximum Gasteiger partial charge on any atom is 0.330 e. The lowest BCUT2D eigenvalue weighted by Gasteiger charge is -2.26. The van der Waals surface area contributed by atoms with Crippen LogP contribution in [0.3, 0.4) is 0 Å². The van der Waals surface area contributed by atoms with E-state index in [0.29, 0.717) is 25.0 Å². The number of carbonyl (C=O) groups is 1. The highest BCUT2D eigenvalue weighted by Gasteiger charge is 2.21. The van der Waals surface area contributed by atoms with E-state index < -0.39 is 0 Å². The fourth-order valence-corrected chi connectivity index (χ4v) is 1.84. The molecule has 0 heterocycles. The van der Waals surface area contributed by atoms with Gasteiger partial charge in [0.15, 0.2) is 0 Å². The first-order valence-corrected chi connectivity index (χ1v) is 5.16. The lowest BCUT2D eigenvalue weighted by atomic mass is 9.83. The van der Waals surface area contributed by atoms with Crippen molar-refractivity contribution in [2.24, 2.45) is 11.8 Å². The van der Waals surface area contributed by atoms with Gasteiger partial charge >= 0.3 is 5.97 Å². The molecule has 14 heavy (non-hydrogen) atoms. The molecule has 1 rings (SSSR count). The van der Waals surface area contributed by atoms with Crippen molar-refractivity contribution in [1.82, 2.24) is 0 Å². The van der Waals surface area contributed by atoms with E-state index in [9.17, 15) is 4.79 Å².